The Hall–Kier alpha value is -2.58. The van der Waals surface area contributed by atoms with E-state index in [1.807, 2.05) is 48.8 Å². The summed E-state index contributed by atoms with van der Waals surface area (Å²) in [5, 5.41) is 3.33. The molecule has 1 saturated heterocycles. The van der Waals surface area contributed by atoms with E-state index in [9.17, 15) is 8.42 Å². The molecule has 1 N–H and O–H groups in total. The van der Waals surface area contributed by atoms with Crippen LogP contribution in [0, 0.1) is 0 Å². The lowest BCUT2D eigenvalue weighted by molar-refractivity contribution is 0.243. The van der Waals surface area contributed by atoms with Crippen molar-refractivity contribution < 1.29 is 13.2 Å². The van der Waals surface area contributed by atoms with E-state index in [4.69, 9.17) is 4.74 Å². The minimum absolute atomic E-state index is 0.0229. The number of sulfonamides is 1. The van der Waals surface area contributed by atoms with Crippen molar-refractivity contribution in [2.24, 2.45) is 0 Å². The zero-order valence-corrected chi connectivity index (χ0v) is 18.2. The molecule has 8 heteroatoms. The molecule has 1 aliphatic rings. The van der Waals surface area contributed by atoms with Crippen molar-refractivity contribution in [3.63, 3.8) is 0 Å². The normalized spacial score (nSPS) is 15.6. The molecule has 160 valence electrons. The fraction of sp³-hybridized carbons (Fsp3) is 0.409. The molecule has 0 radical (unpaired) electrons. The Balaban J connectivity index is 1.61. The van der Waals surface area contributed by atoms with Gasteiger partial charge >= 0.3 is 0 Å². The summed E-state index contributed by atoms with van der Waals surface area (Å²) in [7, 11) is -3.52. The molecule has 4 rings (SSSR count). The maximum absolute atomic E-state index is 13.1. The van der Waals surface area contributed by atoms with Crippen LogP contribution in [0.1, 0.15) is 38.8 Å². The minimum atomic E-state index is -3.52. The van der Waals surface area contributed by atoms with E-state index in [2.05, 4.69) is 10.3 Å². The number of rotatable bonds is 7. The molecule has 2 aromatic heterocycles. The Bertz CT molecular complexity index is 1090. The predicted octanol–water partition coefficient (Wildman–Crippen LogP) is 3.91. The van der Waals surface area contributed by atoms with E-state index in [0.29, 0.717) is 31.1 Å². The van der Waals surface area contributed by atoms with E-state index in [0.717, 1.165) is 30.6 Å². The molecule has 30 heavy (non-hydrogen) atoms. The lowest BCUT2D eigenvalue weighted by Gasteiger charge is -2.26. The number of anilines is 1. The third kappa shape index (κ3) is 4.44. The second-order valence-corrected chi connectivity index (χ2v) is 9.78. The third-order valence-corrected chi connectivity index (χ3v) is 7.03. The number of ether oxygens (including phenoxy) is 1. The number of benzene rings is 1. The van der Waals surface area contributed by atoms with Crippen LogP contribution in [-0.4, -0.2) is 41.3 Å². The highest BCUT2D eigenvalue weighted by Crippen LogP contribution is 2.31. The number of piperidine rings is 1. The van der Waals surface area contributed by atoms with Crippen molar-refractivity contribution in [2.75, 3.05) is 18.4 Å². The molecule has 0 saturated carbocycles. The van der Waals surface area contributed by atoms with Crippen LogP contribution in [0.5, 0.6) is 5.75 Å². The lowest BCUT2D eigenvalue weighted by atomic mass is 10.2. The average Bonchev–Trinajstić information content (AvgIpc) is 3.16. The van der Waals surface area contributed by atoms with Gasteiger partial charge in [-0.05, 0) is 57.0 Å². The van der Waals surface area contributed by atoms with Gasteiger partial charge in [-0.2, -0.15) is 4.31 Å². The molecule has 1 fully saturated rings. The molecule has 1 aliphatic heterocycles. The van der Waals surface area contributed by atoms with Crippen molar-refractivity contribution in [3.8, 4) is 5.75 Å². The summed E-state index contributed by atoms with van der Waals surface area (Å²) in [6, 6.07) is 10.9. The summed E-state index contributed by atoms with van der Waals surface area (Å²) in [6.45, 7) is 5.52. The summed E-state index contributed by atoms with van der Waals surface area (Å²) in [4.78, 5) is 4.89. The van der Waals surface area contributed by atoms with Gasteiger partial charge in [0.15, 0.2) is 0 Å². The maximum Gasteiger partial charge on any atom is 0.243 e. The van der Waals surface area contributed by atoms with Gasteiger partial charge in [-0.15, -0.1) is 0 Å². The van der Waals surface area contributed by atoms with Gasteiger partial charge in [-0.3, -0.25) is 0 Å². The first kappa shape index (κ1) is 20.7. The topological polar surface area (TPSA) is 75.9 Å². The second kappa shape index (κ2) is 8.65. The number of nitrogens with zero attached hydrogens (tertiary/aromatic N) is 3. The maximum atomic E-state index is 13.1. The monoisotopic (exact) mass is 428 g/mol. The van der Waals surface area contributed by atoms with Crippen LogP contribution in [0.25, 0.3) is 5.65 Å². The van der Waals surface area contributed by atoms with E-state index < -0.39 is 10.0 Å². The van der Waals surface area contributed by atoms with Gasteiger partial charge in [-0.25, -0.2) is 13.4 Å². The summed E-state index contributed by atoms with van der Waals surface area (Å²) < 4.78 is 35.7. The second-order valence-electron chi connectivity index (χ2n) is 7.84. The Morgan fingerprint density at radius 2 is 1.93 bits per heavy atom. The summed E-state index contributed by atoms with van der Waals surface area (Å²) in [5.41, 5.74) is 2.38. The van der Waals surface area contributed by atoms with Gasteiger partial charge in [0.05, 0.1) is 28.9 Å². The molecule has 0 aliphatic carbocycles. The SMILES string of the molecule is CC(C)Oc1ccc(S(=O)(=O)N2CCCCC2)cc1NCc1cn2ccccc2n1. The Morgan fingerprint density at radius 1 is 1.13 bits per heavy atom. The number of hydrogen-bond donors (Lipinski definition) is 1. The van der Waals surface area contributed by atoms with Crippen LogP contribution < -0.4 is 10.1 Å². The molecule has 3 aromatic rings. The van der Waals surface area contributed by atoms with Crippen LogP contribution in [0.3, 0.4) is 0 Å². The fourth-order valence-electron chi connectivity index (χ4n) is 3.68. The zero-order valence-electron chi connectivity index (χ0n) is 17.4. The number of hydrogen-bond acceptors (Lipinski definition) is 5. The highest BCUT2D eigenvalue weighted by molar-refractivity contribution is 7.89. The van der Waals surface area contributed by atoms with Crippen molar-refractivity contribution >= 4 is 21.4 Å². The first-order valence-corrected chi connectivity index (χ1v) is 11.8. The van der Waals surface area contributed by atoms with Gasteiger partial charge in [0.1, 0.15) is 11.4 Å². The number of fused-ring (bicyclic) bond motifs is 1. The molecule has 7 nitrogen and oxygen atoms in total. The smallest absolute Gasteiger partial charge is 0.243 e. The first-order valence-electron chi connectivity index (χ1n) is 10.4. The third-order valence-electron chi connectivity index (χ3n) is 5.14. The number of imidazole rings is 1. The van der Waals surface area contributed by atoms with Crippen molar-refractivity contribution in [1.82, 2.24) is 13.7 Å². The van der Waals surface area contributed by atoms with Crippen LogP contribution >= 0.6 is 0 Å². The van der Waals surface area contributed by atoms with E-state index >= 15 is 0 Å². The highest BCUT2D eigenvalue weighted by Gasteiger charge is 2.26. The number of nitrogens with one attached hydrogen (secondary N) is 1. The van der Waals surface area contributed by atoms with E-state index in [1.54, 1.807) is 22.5 Å². The van der Waals surface area contributed by atoms with Gasteiger partial charge in [-0.1, -0.05) is 12.5 Å². The first-order chi connectivity index (χ1) is 14.4. The Labute approximate surface area is 177 Å². The molecule has 0 spiro atoms. The van der Waals surface area contributed by atoms with Crippen molar-refractivity contribution in [2.45, 2.75) is 50.7 Å². The average molecular weight is 429 g/mol. The number of pyridine rings is 1. The van der Waals surface area contributed by atoms with Gasteiger partial charge < -0.3 is 14.5 Å². The molecule has 0 atom stereocenters. The predicted molar refractivity (Wildman–Crippen MR) is 117 cm³/mol. The van der Waals surface area contributed by atoms with Crippen LogP contribution in [0.15, 0.2) is 53.7 Å². The summed E-state index contributed by atoms with van der Waals surface area (Å²) >= 11 is 0. The van der Waals surface area contributed by atoms with Crippen LogP contribution in [-0.2, 0) is 16.6 Å². The van der Waals surface area contributed by atoms with Crippen LogP contribution in [0.4, 0.5) is 5.69 Å². The largest absolute Gasteiger partial charge is 0.489 e. The molecule has 1 aromatic carbocycles. The standard InChI is InChI=1S/C22H28N4O3S/c1-17(2)29-21-10-9-19(30(27,28)26-12-5-3-6-13-26)14-20(21)23-15-18-16-25-11-7-4-8-22(25)24-18/h4,7-11,14,16-17,23H,3,5-6,12-13,15H2,1-2H3. The molecular weight excluding hydrogens is 400 g/mol. The Morgan fingerprint density at radius 3 is 2.67 bits per heavy atom. The van der Waals surface area contributed by atoms with E-state index in [-0.39, 0.29) is 11.0 Å². The van der Waals surface area contributed by atoms with Gasteiger partial charge in [0, 0.05) is 25.5 Å². The fourth-order valence-corrected chi connectivity index (χ4v) is 5.22. The van der Waals surface area contributed by atoms with Gasteiger partial charge in [0.25, 0.3) is 0 Å². The lowest BCUT2D eigenvalue weighted by Crippen LogP contribution is -2.35. The molecule has 3 heterocycles. The molecule has 0 unspecified atom stereocenters. The molecular formula is C22H28N4O3S. The number of aromatic nitrogens is 2. The summed E-state index contributed by atoms with van der Waals surface area (Å²) in [6.07, 6.45) is 6.79. The quantitative estimate of drug-likeness (QED) is 0.618. The van der Waals surface area contributed by atoms with Crippen LogP contribution in [0.2, 0.25) is 0 Å². The van der Waals surface area contributed by atoms with Crippen molar-refractivity contribution in [1.29, 1.82) is 0 Å². The summed E-state index contributed by atoms with van der Waals surface area (Å²) in [5.74, 6) is 0.631. The highest BCUT2D eigenvalue weighted by atomic mass is 32.2. The molecule has 0 amide bonds. The minimum Gasteiger partial charge on any atom is -0.489 e. The van der Waals surface area contributed by atoms with Gasteiger partial charge in [0.2, 0.25) is 10.0 Å². The van der Waals surface area contributed by atoms with Crippen molar-refractivity contribution in [3.05, 3.63) is 54.5 Å². The zero-order chi connectivity index (χ0) is 21.1. The van der Waals surface area contributed by atoms with E-state index in [1.165, 1.54) is 0 Å². The Kier molecular flexibility index (Phi) is 5.97. The molecule has 0 bridgehead atoms.